The zero-order valence-corrected chi connectivity index (χ0v) is 17.2. The first-order valence-electron chi connectivity index (χ1n) is 9.57. The zero-order chi connectivity index (χ0) is 19.3. The van der Waals surface area contributed by atoms with E-state index in [0.29, 0.717) is 5.69 Å². The minimum absolute atomic E-state index is 0.144. The van der Waals surface area contributed by atoms with Gasteiger partial charge in [-0.2, -0.15) is 0 Å². The third-order valence-electron chi connectivity index (χ3n) is 5.14. The number of hydrogen-bond donors (Lipinski definition) is 1. The molecule has 26 heavy (non-hydrogen) atoms. The second-order valence-corrected chi connectivity index (χ2v) is 9.43. The molecular formula is C20H32N2O3S. The summed E-state index contributed by atoms with van der Waals surface area (Å²) in [5, 5.41) is 3.10. The number of amides is 1. The van der Waals surface area contributed by atoms with Gasteiger partial charge in [0.1, 0.15) is 6.04 Å². The molecule has 1 aliphatic rings. The van der Waals surface area contributed by atoms with E-state index in [0.717, 1.165) is 43.1 Å². The van der Waals surface area contributed by atoms with Gasteiger partial charge in [0.25, 0.3) is 0 Å². The Kier molecular flexibility index (Phi) is 7.09. The number of rotatable bonds is 5. The molecule has 5 nitrogen and oxygen atoms in total. The minimum Gasteiger partial charge on any atom is -0.352 e. The molecule has 1 amide bonds. The van der Waals surface area contributed by atoms with Gasteiger partial charge in [-0.3, -0.25) is 9.10 Å². The van der Waals surface area contributed by atoms with Gasteiger partial charge in [-0.05, 0) is 50.8 Å². The Hall–Kier alpha value is -1.56. The lowest BCUT2D eigenvalue weighted by molar-refractivity contribution is -0.122. The van der Waals surface area contributed by atoms with Crippen LogP contribution < -0.4 is 9.62 Å². The predicted molar refractivity (Wildman–Crippen MR) is 107 cm³/mol. The highest BCUT2D eigenvalue weighted by Gasteiger charge is 2.31. The van der Waals surface area contributed by atoms with E-state index >= 15 is 0 Å². The summed E-state index contributed by atoms with van der Waals surface area (Å²) in [5.74, 6) is -0.220. The number of nitrogens with zero attached hydrogens (tertiary/aromatic N) is 1. The maximum absolute atomic E-state index is 12.8. The van der Waals surface area contributed by atoms with Crippen molar-refractivity contribution >= 4 is 21.6 Å². The van der Waals surface area contributed by atoms with Gasteiger partial charge in [0, 0.05) is 6.04 Å². The van der Waals surface area contributed by atoms with E-state index in [4.69, 9.17) is 0 Å². The molecular weight excluding hydrogens is 348 g/mol. The van der Waals surface area contributed by atoms with Crippen molar-refractivity contribution in [2.24, 2.45) is 0 Å². The quantitative estimate of drug-likeness (QED) is 0.847. The number of benzene rings is 1. The molecule has 1 N–H and O–H groups in total. The lowest BCUT2D eigenvalue weighted by atomic mass is 9.96. The van der Waals surface area contributed by atoms with Crippen LogP contribution in [-0.4, -0.2) is 32.7 Å². The van der Waals surface area contributed by atoms with Gasteiger partial charge in [0.05, 0.1) is 11.9 Å². The summed E-state index contributed by atoms with van der Waals surface area (Å²) in [5.41, 5.74) is 2.38. The van der Waals surface area contributed by atoms with Gasteiger partial charge >= 0.3 is 0 Å². The summed E-state index contributed by atoms with van der Waals surface area (Å²) in [7, 11) is -3.58. The molecule has 0 radical (unpaired) electrons. The lowest BCUT2D eigenvalue weighted by Crippen LogP contribution is -2.50. The summed E-state index contributed by atoms with van der Waals surface area (Å²) in [6.45, 7) is 5.45. The van der Waals surface area contributed by atoms with Crippen LogP contribution in [0.5, 0.6) is 0 Å². The Morgan fingerprint density at radius 1 is 1.12 bits per heavy atom. The molecule has 2 rings (SSSR count). The van der Waals surface area contributed by atoms with Crippen molar-refractivity contribution in [2.45, 2.75) is 77.8 Å². The van der Waals surface area contributed by atoms with Crippen molar-refractivity contribution in [2.75, 3.05) is 10.6 Å². The van der Waals surface area contributed by atoms with Crippen LogP contribution in [0.25, 0.3) is 0 Å². The highest BCUT2D eigenvalue weighted by molar-refractivity contribution is 7.92. The highest BCUT2D eigenvalue weighted by Crippen LogP contribution is 2.26. The second-order valence-electron chi connectivity index (χ2n) is 7.58. The van der Waals surface area contributed by atoms with Gasteiger partial charge in [0.15, 0.2) is 0 Å². The van der Waals surface area contributed by atoms with E-state index in [1.54, 1.807) is 6.92 Å². The molecule has 1 fully saturated rings. The first-order chi connectivity index (χ1) is 12.2. The predicted octanol–water partition coefficient (Wildman–Crippen LogP) is 3.69. The molecule has 146 valence electrons. The average Bonchev–Trinajstić information content (AvgIpc) is 2.52. The maximum Gasteiger partial charge on any atom is 0.243 e. The fourth-order valence-corrected chi connectivity index (χ4v) is 4.88. The first-order valence-corrected chi connectivity index (χ1v) is 11.4. The van der Waals surface area contributed by atoms with Crippen LogP contribution in [0.2, 0.25) is 0 Å². The summed E-state index contributed by atoms with van der Waals surface area (Å²) in [6, 6.07) is 5.03. The van der Waals surface area contributed by atoms with E-state index in [9.17, 15) is 13.2 Å². The van der Waals surface area contributed by atoms with Crippen molar-refractivity contribution in [3.63, 3.8) is 0 Å². The number of anilines is 1. The average molecular weight is 381 g/mol. The number of aryl methyl sites for hydroxylation is 2. The summed E-state index contributed by atoms with van der Waals surface area (Å²) < 4.78 is 26.2. The second kappa shape index (κ2) is 8.89. The van der Waals surface area contributed by atoms with Crippen molar-refractivity contribution in [3.05, 3.63) is 29.3 Å². The molecule has 6 heteroatoms. The molecule has 1 saturated carbocycles. The van der Waals surface area contributed by atoms with Crippen molar-refractivity contribution in [1.82, 2.24) is 5.32 Å². The van der Waals surface area contributed by atoms with Gasteiger partial charge < -0.3 is 5.32 Å². The van der Waals surface area contributed by atoms with Crippen LogP contribution in [-0.2, 0) is 14.8 Å². The van der Waals surface area contributed by atoms with E-state index in [1.807, 2.05) is 32.0 Å². The summed E-state index contributed by atoms with van der Waals surface area (Å²) in [6.07, 6.45) is 9.03. The van der Waals surface area contributed by atoms with Gasteiger partial charge in [0.2, 0.25) is 15.9 Å². The molecule has 0 heterocycles. The van der Waals surface area contributed by atoms with Crippen LogP contribution in [0.3, 0.4) is 0 Å². The molecule has 0 aromatic heterocycles. The number of hydrogen-bond acceptors (Lipinski definition) is 3. The first kappa shape index (κ1) is 20.7. The topological polar surface area (TPSA) is 66.5 Å². The Labute approximate surface area is 158 Å². The van der Waals surface area contributed by atoms with E-state index in [-0.39, 0.29) is 11.9 Å². The highest BCUT2D eigenvalue weighted by atomic mass is 32.2. The van der Waals surface area contributed by atoms with Crippen molar-refractivity contribution < 1.29 is 13.2 Å². The Morgan fingerprint density at radius 3 is 2.27 bits per heavy atom. The lowest BCUT2D eigenvalue weighted by Gasteiger charge is -2.31. The van der Waals surface area contributed by atoms with E-state index < -0.39 is 16.1 Å². The number of carbonyl (C=O) groups is 1. The Morgan fingerprint density at radius 2 is 1.69 bits per heavy atom. The molecule has 0 aliphatic heterocycles. The van der Waals surface area contributed by atoms with Crippen LogP contribution >= 0.6 is 0 Å². The smallest absolute Gasteiger partial charge is 0.243 e. The third-order valence-corrected chi connectivity index (χ3v) is 6.37. The molecule has 0 spiro atoms. The molecule has 0 bridgehead atoms. The van der Waals surface area contributed by atoms with Crippen LogP contribution in [0.15, 0.2) is 18.2 Å². The zero-order valence-electron chi connectivity index (χ0n) is 16.4. The molecule has 1 aromatic rings. The summed E-state index contributed by atoms with van der Waals surface area (Å²) >= 11 is 0. The number of nitrogens with one attached hydrogen (secondary N) is 1. The van der Waals surface area contributed by atoms with Crippen LogP contribution in [0, 0.1) is 13.8 Å². The van der Waals surface area contributed by atoms with E-state index in [2.05, 4.69) is 5.32 Å². The van der Waals surface area contributed by atoms with Gasteiger partial charge in [-0.1, -0.05) is 44.2 Å². The number of carbonyl (C=O) groups excluding carboxylic acids is 1. The fourth-order valence-electron chi connectivity index (χ4n) is 3.66. The van der Waals surface area contributed by atoms with Crippen molar-refractivity contribution in [1.29, 1.82) is 0 Å². The molecule has 1 aliphatic carbocycles. The minimum atomic E-state index is -3.58. The van der Waals surface area contributed by atoms with Gasteiger partial charge in [-0.25, -0.2) is 8.42 Å². The Bertz CT molecular complexity index is 723. The number of sulfonamides is 1. The largest absolute Gasteiger partial charge is 0.352 e. The molecule has 1 atom stereocenters. The van der Waals surface area contributed by atoms with Crippen LogP contribution in [0.1, 0.15) is 63.0 Å². The van der Waals surface area contributed by atoms with Gasteiger partial charge in [-0.15, -0.1) is 0 Å². The normalized spacial score (nSPS) is 17.8. The molecule has 1 unspecified atom stereocenters. The fraction of sp³-hybridized carbons (Fsp3) is 0.650. The standard InChI is InChI=1S/C20H32N2O3S/c1-15-12-13-16(2)19(14-15)22(26(4,24)25)17(3)20(23)21-18-10-8-6-5-7-9-11-18/h12-14,17-18H,5-11H2,1-4H3,(H,21,23). The maximum atomic E-state index is 12.8. The molecule has 0 saturated heterocycles. The Balaban J connectivity index is 2.22. The van der Waals surface area contributed by atoms with Crippen LogP contribution in [0.4, 0.5) is 5.69 Å². The SMILES string of the molecule is Cc1ccc(C)c(N(C(C)C(=O)NC2CCCCCCC2)S(C)(=O)=O)c1. The van der Waals surface area contributed by atoms with Crippen molar-refractivity contribution in [3.8, 4) is 0 Å². The third kappa shape index (κ3) is 5.47. The summed E-state index contributed by atoms with van der Waals surface area (Å²) in [4.78, 5) is 12.8. The molecule has 1 aromatic carbocycles. The monoisotopic (exact) mass is 380 g/mol. The van der Waals surface area contributed by atoms with E-state index in [1.165, 1.54) is 23.6 Å².